The highest BCUT2D eigenvalue weighted by Crippen LogP contribution is 2.26. The number of nitrogens with zero attached hydrogens (tertiary/aromatic N) is 3. The van der Waals surface area contributed by atoms with Gasteiger partial charge in [-0.3, -0.25) is 9.89 Å². The van der Waals surface area contributed by atoms with Gasteiger partial charge in [0.15, 0.2) is 12.4 Å². The molecule has 0 saturated heterocycles. The summed E-state index contributed by atoms with van der Waals surface area (Å²) in [7, 11) is 0. The van der Waals surface area contributed by atoms with E-state index < -0.39 is 0 Å². The molecule has 1 saturated carbocycles. The molecule has 8 nitrogen and oxygen atoms in total. The van der Waals surface area contributed by atoms with Gasteiger partial charge in [-0.25, -0.2) is 0 Å². The highest BCUT2D eigenvalue weighted by molar-refractivity contribution is 6.03. The van der Waals surface area contributed by atoms with Crippen LogP contribution < -0.4 is 10.1 Å². The summed E-state index contributed by atoms with van der Waals surface area (Å²) in [6.07, 6.45) is 7.53. The fourth-order valence-electron chi connectivity index (χ4n) is 3.67. The van der Waals surface area contributed by atoms with Crippen molar-refractivity contribution < 1.29 is 14.1 Å². The largest absolute Gasteiger partial charge is 0.485 e. The standard InChI is InChI=1S/C21H25N5O3/c1-14-22-20(26-29-14)13-28-18-9-7-16(8-10-18)21(27)23-19-12-17(24-25-19)11-15-5-3-2-4-6-15/h7-10,12,15H,2-6,11,13H2,1H3,(H2,23,24,25,27). The molecule has 29 heavy (non-hydrogen) atoms. The molecular formula is C21H25N5O3. The smallest absolute Gasteiger partial charge is 0.256 e. The van der Waals surface area contributed by atoms with Crippen LogP contribution in [0.15, 0.2) is 34.9 Å². The van der Waals surface area contributed by atoms with E-state index in [0.29, 0.717) is 28.8 Å². The molecule has 4 rings (SSSR count). The minimum Gasteiger partial charge on any atom is -0.485 e. The fourth-order valence-corrected chi connectivity index (χ4v) is 3.67. The second kappa shape index (κ2) is 8.89. The van der Waals surface area contributed by atoms with E-state index in [4.69, 9.17) is 9.26 Å². The van der Waals surface area contributed by atoms with Gasteiger partial charge in [0.2, 0.25) is 11.7 Å². The number of benzene rings is 1. The predicted octanol–water partition coefficient (Wildman–Crippen LogP) is 4.06. The number of H-pyrrole nitrogens is 1. The molecule has 1 aromatic carbocycles. The minimum atomic E-state index is -0.207. The number of ether oxygens (including phenoxy) is 1. The lowest BCUT2D eigenvalue weighted by Crippen LogP contribution is -2.12. The zero-order valence-corrected chi connectivity index (χ0v) is 16.5. The van der Waals surface area contributed by atoms with Crippen molar-refractivity contribution in [3.63, 3.8) is 0 Å². The quantitative estimate of drug-likeness (QED) is 0.625. The molecule has 2 heterocycles. The van der Waals surface area contributed by atoms with Crippen LogP contribution >= 0.6 is 0 Å². The topological polar surface area (TPSA) is 106 Å². The Hall–Kier alpha value is -3.16. The molecule has 1 amide bonds. The van der Waals surface area contributed by atoms with Crippen molar-refractivity contribution in [2.75, 3.05) is 5.32 Å². The van der Waals surface area contributed by atoms with Gasteiger partial charge >= 0.3 is 0 Å². The average molecular weight is 395 g/mol. The number of aryl methyl sites for hydroxylation is 1. The molecule has 0 radical (unpaired) electrons. The number of carbonyl (C=O) groups is 1. The average Bonchev–Trinajstić information content (AvgIpc) is 3.36. The van der Waals surface area contributed by atoms with Crippen molar-refractivity contribution in [1.82, 2.24) is 20.3 Å². The Labute approximate surface area is 169 Å². The van der Waals surface area contributed by atoms with Crippen molar-refractivity contribution in [3.05, 3.63) is 53.3 Å². The number of anilines is 1. The summed E-state index contributed by atoms with van der Waals surface area (Å²) in [6.45, 7) is 1.93. The van der Waals surface area contributed by atoms with E-state index in [2.05, 4.69) is 25.7 Å². The summed E-state index contributed by atoms with van der Waals surface area (Å²) < 4.78 is 10.5. The minimum absolute atomic E-state index is 0.207. The van der Waals surface area contributed by atoms with Crippen molar-refractivity contribution in [3.8, 4) is 5.75 Å². The molecule has 8 heteroatoms. The lowest BCUT2D eigenvalue weighted by atomic mass is 9.86. The first-order valence-electron chi connectivity index (χ1n) is 10.0. The van der Waals surface area contributed by atoms with E-state index in [1.807, 2.05) is 6.07 Å². The highest BCUT2D eigenvalue weighted by atomic mass is 16.5. The van der Waals surface area contributed by atoms with Crippen molar-refractivity contribution in [2.24, 2.45) is 5.92 Å². The normalized spacial score (nSPS) is 14.7. The first-order chi connectivity index (χ1) is 14.2. The number of rotatable bonds is 7. The molecule has 1 fully saturated rings. The molecule has 0 spiro atoms. The number of carbonyl (C=O) groups excluding carboxylic acids is 1. The maximum atomic E-state index is 12.5. The van der Waals surface area contributed by atoms with Gasteiger partial charge in [0.05, 0.1) is 0 Å². The van der Waals surface area contributed by atoms with E-state index >= 15 is 0 Å². The fraction of sp³-hybridized carbons (Fsp3) is 0.429. The number of nitrogens with one attached hydrogen (secondary N) is 2. The van der Waals surface area contributed by atoms with E-state index in [1.165, 1.54) is 32.1 Å². The van der Waals surface area contributed by atoms with E-state index in [-0.39, 0.29) is 12.5 Å². The van der Waals surface area contributed by atoms with Gasteiger partial charge < -0.3 is 14.6 Å². The molecule has 1 aliphatic carbocycles. The number of hydrogen-bond donors (Lipinski definition) is 2. The predicted molar refractivity (Wildman–Crippen MR) is 107 cm³/mol. The SMILES string of the molecule is Cc1nc(COc2ccc(C(=O)Nc3cc(CC4CCCCC4)[nH]n3)cc2)no1. The van der Waals surface area contributed by atoms with Crippen LogP contribution in [0.2, 0.25) is 0 Å². The summed E-state index contributed by atoms with van der Waals surface area (Å²) in [6, 6.07) is 8.82. The number of aromatic nitrogens is 4. The van der Waals surface area contributed by atoms with E-state index in [9.17, 15) is 4.79 Å². The van der Waals surface area contributed by atoms with Crippen LogP contribution in [0.5, 0.6) is 5.75 Å². The second-order valence-electron chi connectivity index (χ2n) is 7.48. The molecule has 1 aliphatic rings. The van der Waals surface area contributed by atoms with Crippen LogP contribution in [0.4, 0.5) is 5.82 Å². The third-order valence-corrected chi connectivity index (χ3v) is 5.16. The number of hydrogen-bond acceptors (Lipinski definition) is 6. The van der Waals surface area contributed by atoms with Gasteiger partial charge in [-0.2, -0.15) is 10.1 Å². The Morgan fingerprint density at radius 3 is 2.76 bits per heavy atom. The van der Waals surface area contributed by atoms with E-state index in [1.54, 1.807) is 31.2 Å². The Morgan fingerprint density at radius 2 is 2.03 bits per heavy atom. The summed E-state index contributed by atoms with van der Waals surface area (Å²) in [4.78, 5) is 16.5. The number of aromatic amines is 1. The summed E-state index contributed by atoms with van der Waals surface area (Å²) >= 11 is 0. The Balaban J connectivity index is 1.29. The van der Waals surface area contributed by atoms with Crippen LogP contribution in [-0.4, -0.2) is 26.2 Å². The molecule has 152 valence electrons. The van der Waals surface area contributed by atoms with Crippen LogP contribution in [0.3, 0.4) is 0 Å². The Morgan fingerprint density at radius 1 is 1.24 bits per heavy atom. The first-order valence-corrected chi connectivity index (χ1v) is 10.0. The Kier molecular flexibility index (Phi) is 5.88. The summed E-state index contributed by atoms with van der Waals surface area (Å²) in [5.41, 5.74) is 1.61. The Bertz CT molecular complexity index is 941. The maximum Gasteiger partial charge on any atom is 0.256 e. The van der Waals surface area contributed by atoms with Gasteiger partial charge in [-0.1, -0.05) is 37.3 Å². The zero-order chi connectivity index (χ0) is 20.1. The molecule has 0 aliphatic heterocycles. The lowest BCUT2D eigenvalue weighted by Gasteiger charge is -2.20. The third-order valence-electron chi connectivity index (χ3n) is 5.16. The van der Waals surface area contributed by atoms with Gasteiger partial charge in [0.25, 0.3) is 5.91 Å². The highest BCUT2D eigenvalue weighted by Gasteiger charge is 2.16. The molecule has 2 N–H and O–H groups in total. The van der Waals surface area contributed by atoms with Gasteiger partial charge in [-0.15, -0.1) is 0 Å². The molecular weight excluding hydrogens is 370 g/mol. The first kappa shape index (κ1) is 19.2. The molecule has 0 atom stereocenters. The van der Waals surface area contributed by atoms with Gasteiger partial charge in [0, 0.05) is 24.2 Å². The molecule has 0 bridgehead atoms. The van der Waals surface area contributed by atoms with Crippen LogP contribution in [0, 0.1) is 12.8 Å². The van der Waals surface area contributed by atoms with Crippen LogP contribution in [0.1, 0.15) is 59.9 Å². The molecule has 2 aromatic heterocycles. The van der Waals surface area contributed by atoms with Gasteiger partial charge in [-0.05, 0) is 36.6 Å². The van der Waals surface area contributed by atoms with E-state index in [0.717, 1.165) is 18.0 Å². The zero-order valence-electron chi connectivity index (χ0n) is 16.5. The van der Waals surface area contributed by atoms with Crippen LogP contribution in [-0.2, 0) is 13.0 Å². The van der Waals surface area contributed by atoms with Crippen LogP contribution in [0.25, 0.3) is 0 Å². The third kappa shape index (κ3) is 5.22. The van der Waals surface area contributed by atoms with Crippen molar-refractivity contribution in [1.29, 1.82) is 0 Å². The monoisotopic (exact) mass is 395 g/mol. The number of amides is 1. The van der Waals surface area contributed by atoms with Gasteiger partial charge in [0.1, 0.15) is 5.75 Å². The van der Waals surface area contributed by atoms with Crippen molar-refractivity contribution >= 4 is 11.7 Å². The summed E-state index contributed by atoms with van der Waals surface area (Å²) in [5.74, 6) is 2.66. The van der Waals surface area contributed by atoms with Crippen molar-refractivity contribution in [2.45, 2.75) is 52.1 Å². The maximum absolute atomic E-state index is 12.5. The molecule has 0 unspecified atom stereocenters. The lowest BCUT2D eigenvalue weighted by molar-refractivity contribution is 0.102. The summed E-state index contributed by atoms with van der Waals surface area (Å²) in [5, 5.41) is 13.9. The second-order valence-corrected chi connectivity index (χ2v) is 7.48. The molecule has 3 aromatic rings.